The molecule has 0 saturated carbocycles. The third-order valence-electron chi connectivity index (χ3n) is 6.74. The van der Waals surface area contributed by atoms with Crippen molar-refractivity contribution >= 4 is 11.8 Å². The molecule has 2 aromatic carbocycles. The zero-order chi connectivity index (χ0) is 21.6. The van der Waals surface area contributed by atoms with Gasteiger partial charge in [-0.25, -0.2) is 0 Å². The molecule has 2 aromatic rings. The molecule has 5 nitrogen and oxygen atoms in total. The second kappa shape index (κ2) is 9.99. The zero-order valence-corrected chi connectivity index (χ0v) is 18.3. The van der Waals surface area contributed by atoms with E-state index in [4.69, 9.17) is 4.74 Å². The highest BCUT2D eigenvalue weighted by molar-refractivity contribution is 5.94. The predicted octanol–water partition coefficient (Wildman–Crippen LogP) is 4.03. The van der Waals surface area contributed by atoms with Gasteiger partial charge in [0.2, 0.25) is 5.91 Å². The molecule has 2 heterocycles. The molecule has 31 heavy (non-hydrogen) atoms. The number of carbonyl (C=O) groups excluding carboxylic acids is 2. The SMILES string of the molecule is COc1cccc(C(=O)N2CCC(C(=O)N3CCC(Cc4ccccc4)CC3)CC2)c1. The smallest absolute Gasteiger partial charge is 0.253 e. The molecule has 2 saturated heterocycles. The lowest BCUT2D eigenvalue weighted by molar-refractivity contribution is -0.138. The monoisotopic (exact) mass is 420 g/mol. The van der Waals surface area contributed by atoms with Crippen LogP contribution < -0.4 is 4.74 Å². The molecule has 164 valence electrons. The Balaban J connectivity index is 1.24. The van der Waals surface area contributed by atoms with Crippen molar-refractivity contribution in [3.8, 4) is 5.75 Å². The van der Waals surface area contributed by atoms with Gasteiger partial charge in [0, 0.05) is 37.7 Å². The van der Waals surface area contributed by atoms with E-state index in [1.165, 1.54) is 5.56 Å². The first-order valence-corrected chi connectivity index (χ1v) is 11.4. The molecular weight excluding hydrogens is 388 g/mol. The first-order valence-electron chi connectivity index (χ1n) is 11.4. The number of nitrogens with zero attached hydrogens (tertiary/aromatic N) is 2. The highest BCUT2D eigenvalue weighted by Gasteiger charge is 2.32. The molecule has 0 N–H and O–H groups in total. The fourth-order valence-electron chi connectivity index (χ4n) is 4.83. The number of amides is 2. The Hall–Kier alpha value is -2.82. The van der Waals surface area contributed by atoms with Crippen LogP contribution >= 0.6 is 0 Å². The van der Waals surface area contributed by atoms with Crippen LogP contribution in [0.15, 0.2) is 54.6 Å². The number of piperidine rings is 2. The molecule has 0 unspecified atom stereocenters. The van der Waals surface area contributed by atoms with E-state index >= 15 is 0 Å². The summed E-state index contributed by atoms with van der Waals surface area (Å²) in [5.74, 6) is 1.69. The van der Waals surface area contributed by atoms with E-state index < -0.39 is 0 Å². The van der Waals surface area contributed by atoms with Crippen LogP contribution in [0.2, 0.25) is 0 Å². The fourth-order valence-corrected chi connectivity index (χ4v) is 4.83. The summed E-state index contributed by atoms with van der Waals surface area (Å²) in [6.07, 6.45) is 4.76. The Morgan fingerprint density at radius 2 is 1.55 bits per heavy atom. The Kier molecular flexibility index (Phi) is 6.90. The van der Waals surface area contributed by atoms with Gasteiger partial charge in [0.1, 0.15) is 5.75 Å². The summed E-state index contributed by atoms with van der Waals surface area (Å²) in [5, 5.41) is 0. The lowest BCUT2D eigenvalue weighted by Crippen LogP contribution is -2.46. The van der Waals surface area contributed by atoms with Gasteiger partial charge in [-0.1, -0.05) is 36.4 Å². The van der Waals surface area contributed by atoms with Crippen LogP contribution in [0.25, 0.3) is 0 Å². The quantitative estimate of drug-likeness (QED) is 0.734. The molecule has 0 spiro atoms. The Bertz CT molecular complexity index is 883. The Morgan fingerprint density at radius 1 is 0.871 bits per heavy atom. The van der Waals surface area contributed by atoms with Crippen molar-refractivity contribution in [2.45, 2.75) is 32.1 Å². The van der Waals surface area contributed by atoms with Crippen molar-refractivity contribution in [1.29, 1.82) is 0 Å². The van der Waals surface area contributed by atoms with Crippen molar-refractivity contribution in [3.63, 3.8) is 0 Å². The first kappa shape index (κ1) is 21.4. The third kappa shape index (κ3) is 5.27. The van der Waals surface area contributed by atoms with Crippen LogP contribution in [0.4, 0.5) is 0 Å². The van der Waals surface area contributed by atoms with E-state index in [-0.39, 0.29) is 17.7 Å². The minimum atomic E-state index is 0.0199. The van der Waals surface area contributed by atoms with Gasteiger partial charge in [0.05, 0.1) is 7.11 Å². The van der Waals surface area contributed by atoms with Crippen LogP contribution in [0, 0.1) is 11.8 Å². The van der Waals surface area contributed by atoms with Gasteiger partial charge in [0.25, 0.3) is 5.91 Å². The molecule has 2 aliphatic heterocycles. The fraction of sp³-hybridized carbons (Fsp3) is 0.462. The molecule has 2 amide bonds. The third-order valence-corrected chi connectivity index (χ3v) is 6.74. The summed E-state index contributed by atoms with van der Waals surface area (Å²) >= 11 is 0. The van der Waals surface area contributed by atoms with Gasteiger partial charge in [-0.15, -0.1) is 0 Å². The first-order chi connectivity index (χ1) is 15.1. The summed E-state index contributed by atoms with van der Waals surface area (Å²) in [5.41, 5.74) is 2.03. The maximum Gasteiger partial charge on any atom is 0.253 e. The molecular formula is C26H32N2O3. The molecule has 0 aromatic heterocycles. The van der Waals surface area contributed by atoms with Crippen LogP contribution in [-0.4, -0.2) is 54.9 Å². The van der Waals surface area contributed by atoms with Crippen LogP contribution in [-0.2, 0) is 11.2 Å². The minimum absolute atomic E-state index is 0.0199. The minimum Gasteiger partial charge on any atom is -0.497 e. The standard InChI is InChI=1S/C26H32N2O3/c1-31-24-9-5-8-23(19-24)26(30)28-16-12-22(13-17-28)25(29)27-14-10-21(11-15-27)18-20-6-3-2-4-7-20/h2-9,19,21-22H,10-18H2,1H3. The number of benzene rings is 2. The number of methoxy groups -OCH3 is 1. The topological polar surface area (TPSA) is 49.9 Å². The van der Waals surface area contributed by atoms with Crippen molar-refractivity contribution < 1.29 is 14.3 Å². The lowest BCUT2D eigenvalue weighted by atomic mass is 9.88. The van der Waals surface area contributed by atoms with Crippen molar-refractivity contribution in [3.05, 3.63) is 65.7 Å². The van der Waals surface area contributed by atoms with Crippen LogP contribution in [0.3, 0.4) is 0 Å². The molecule has 0 radical (unpaired) electrons. The summed E-state index contributed by atoms with van der Waals surface area (Å²) in [6.45, 7) is 2.99. The zero-order valence-electron chi connectivity index (χ0n) is 18.3. The van der Waals surface area contributed by atoms with Crippen LogP contribution in [0.5, 0.6) is 5.75 Å². The summed E-state index contributed by atoms with van der Waals surface area (Å²) in [4.78, 5) is 29.8. The molecule has 0 aliphatic carbocycles. The summed E-state index contributed by atoms with van der Waals surface area (Å²) in [6, 6.07) is 17.9. The molecule has 5 heteroatoms. The Labute approximate surface area is 185 Å². The molecule has 2 aliphatic rings. The molecule has 4 rings (SSSR count). The van der Waals surface area contributed by atoms with E-state index in [1.807, 2.05) is 23.1 Å². The average molecular weight is 421 g/mol. The highest BCUT2D eigenvalue weighted by atomic mass is 16.5. The molecule has 2 fully saturated rings. The van der Waals surface area contributed by atoms with Gasteiger partial charge >= 0.3 is 0 Å². The number of carbonyl (C=O) groups is 2. The lowest BCUT2D eigenvalue weighted by Gasteiger charge is -2.37. The summed E-state index contributed by atoms with van der Waals surface area (Å²) in [7, 11) is 1.60. The predicted molar refractivity (Wildman–Crippen MR) is 121 cm³/mol. The van der Waals surface area contributed by atoms with Crippen LogP contribution in [0.1, 0.15) is 41.6 Å². The average Bonchev–Trinajstić information content (AvgIpc) is 2.84. The van der Waals surface area contributed by atoms with Gasteiger partial charge in [-0.05, 0) is 61.8 Å². The normalized spacial score (nSPS) is 18.1. The maximum absolute atomic E-state index is 13.1. The van der Waals surface area contributed by atoms with Gasteiger partial charge in [0.15, 0.2) is 0 Å². The van der Waals surface area contributed by atoms with E-state index in [9.17, 15) is 9.59 Å². The molecule has 0 bridgehead atoms. The second-order valence-corrected chi connectivity index (χ2v) is 8.76. The van der Waals surface area contributed by atoms with E-state index in [1.54, 1.807) is 13.2 Å². The van der Waals surface area contributed by atoms with Crippen molar-refractivity contribution in [2.24, 2.45) is 11.8 Å². The van der Waals surface area contributed by atoms with Crippen molar-refractivity contribution in [1.82, 2.24) is 9.80 Å². The maximum atomic E-state index is 13.1. The van der Waals surface area contributed by atoms with Gasteiger partial charge in [-0.3, -0.25) is 9.59 Å². The van der Waals surface area contributed by atoms with Crippen molar-refractivity contribution in [2.75, 3.05) is 33.3 Å². The van der Waals surface area contributed by atoms with E-state index in [0.29, 0.717) is 30.3 Å². The summed E-state index contributed by atoms with van der Waals surface area (Å²) < 4.78 is 5.23. The van der Waals surface area contributed by atoms with Gasteiger partial charge < -0.3 is 14.5 Å². The van der Waals surface area contributed by atoms with Gasteiger partial charge in [-0.2, -0.15) is 0 Å². The van der Waals surface area contributed by atoms with E-state index in [0.717, 1.165) is 45.2 Å². The highest BCUT2D eigenvalue weighted by Crippen LogP contribution is 2.26. The Morgan fingerprint density at radius 3 is 2.23 bits per heavy atom. The number of likely N-dealkylation sites (tertiary alicyclic amines) is 2. The molecule has 0 atom stereocenters. The van der Waals surface area contributed by atoms with E-state index in [2.05, 4.69) is 35.2 Å². The number of ether oxygens (including phenoxy) is 1. The largest absolute Gasteiger partial charge is 0.497 e. The number of rotatable bonds is 5. The second-order valence-electron chi connectivity index (χ2n) is 8.76. The number of hydrogen-bond acceptors (Lipinski definition) is 3. The number of hydrogen-bond donors (Lipinski definition) is 0.